The molecule has 1 heterocycles. The van der Waals surface area contributed by atoms with Gasteiger partial charge in [-0.3, -0.25) is 4.79 Å². The molecule has 0 aliphatic rings. The molecule has 0 aliphatic heterocycles. The highest BCUT2D eigenvalue weighted by molar-refractivity contribution is 5.72. The van der Waals surface area contributed by atoms with E-state index in [-0.39, 0.29) is 19.0 Å². The zero-order valence-corrected chi connectivity index (χ0v) is 9.95. The van der Waals surface area contributed by atoms with Crippen molar-refractivity contribution >= 4 is 5.97 Å². The number of carbonyl (C=O) groups is 1. The molecule has 0 unspecified atom stereocenters. The van der Waals surface area contributed by atoms with E-state index in [0.29, 0.717) is 17.9 Å². The second-order valence-corrected chi connectivity index (χ2v) is 4.60. The van der Waals surface area contributed by atoms with E-state index in [0.717, 1.165) is 0 Å². The van der Waals surface area contributed by atoms with E-state index in [1.54, 1.807) is 12.1 Å². The molecule has 0 fully saturated rings. The van der Waals surface area contributed by atoms with Crippen molar-refractivity contribution in [3.63, 3.8) is 0 Å². The van der Waals surface area contributed by atoms with Crippen LogP contribution in [0.1, 0.15) is 32.3 Å². The molecular weight excluding hydrogens is 208 g/mol. The summed E-state index contributed by atoms with van der Waals surface area (Å²) in [5.74, 6) is 0.941. The van der Waals surface area contributed by atoms with E-state index in [1.165, 1.54) is 0 Å². The fourth-order valence-electron chi connectivity index (χ4n) is 1.28. The Kier molecular flexibility index (Phi) is 4.12. The largest absolute Gasteiger partial charge is 0.465 e. The highest BCUT2D eigenvalue weighted by Gasteiger charge is 2.17. The molecule has 0 atom stereocenters. The number of hydrogen-bond acceptors (Lipinski definition) is 4. The molecule has 4 nitrogen and oxygen atoms in total. The Balaban J connectivity index is 2.50. The van der Waals surface area contributed by atoms with Gasteiger partial charge in [-0.1, -0.05) is 0 Å². The highest BCUT2D eigenvalue weighted by Crippen LogP contribution is 2.12. The van der Waals surface area contributed by atoms with Crippen LogP contribution in [0.25, 0.3) is 0 Å². The predicted molar refractivity (Wildman–Crippen MR) is 59.0 cm³/mol. The SMILES string of the molecule is CC(C)(C)OC(=O)Cc1ccc(CCO)o1. The standard InChI is InChI=1S/C12H18O4/c1-12(2,3)16-11(14)8-10-5-4-9(15-10)6-7-13/h4-5,13H,6-8H2,1-3H3. The summed E-state index contributed by atoms with van der Waals surface area (Å²) in [7, 11) is 0. The predicted octanol–water partition coefficient (Wildman–Crippen LogP) is 1.70. The summed E-state index contributed by atoms with van der Waals surface area (Å²) in [5, 5.41) is 8.71. The summed E-state index contributed by atoms with van der Waals surface area (Å²) in [6, 6.07) is 3.49. The zero-order chi connectivity index (χ0) is 12.2. The van der Waals surface area contributed by atoms with E-state index in [4.69, 9.17) is 14.3 Å². The lowest BCUT2D eigenvalue weighted by Crippen LogP contribution is -2.24. The maximum Gasteiger partial charge on any atom is 0.314 e. The van der Waals surface area contributed by atoms with E-state index in [9.17, 15) is 4.79 Å². The van der Waals surface area contributed by atoms with Crippen molar-refractivity contribution < 1.29 is 19.1 Å². The number of aliphatic hydroxyl groups excluding tert-OH is 1. The van der Waals surface area contributed by atoms with Gasteiger partial charge in [0.05, 0.1) is 6.61 Å². The van der Waals surface area contributed by atoms with Crippen LogP contribution in [0.15, 0.2) is 16.5 Å². The van der Waals surface area contributed by atoms with Crippen molar-refractivity contribution in [2.75, 3.05) is 6.61 Å². The summed E-state index contributed by atoms with van der Waals surface area (Å²) in [6.45, 7) is 5.51. The second-order valence-electron chi connectivity index (χ2n) is 4.60. The minimum atomic E-state index is -0.475. The third kappa shape index (κ3) is 4.49. The minimum Gasteiger partial charge on any atom is -0.465 e. The third-order valence-corrected chi connectivity index (χ3v) is 1.81. The second kappa shape index (κ2) is 5.16. The van der Waals surface area contributed by atoms with Crippen LogP contribution in [-0.2, 0) is 22.4 Å². The van der Waals surface area contributed by atoms with Crippen molar-refractivity contribution in [2.45, 2.75) is 39.2 Å². The zero-order valence-electron chi connectivity index (χ0n) is 9.95. The molecule has 1 rings (SSSR count). The Morgan fingerprint density at radius 2 is 2.00 bits per heavy atom. The topological polar surface area (TPSA) is 59.7 Å². The maximum absolute atomic E-state index is 11.5. The van der Waals surface area contributed by atoms with Gasteiger partial charge >= 0.3 is 5.97 Å². The van der Waals surface area contributed by atoms with Crippen LogP contribution in [0.5, 0.6) is 0 Å². The Hall–Kier alpha value is -1.29. The number of rotatable bonds is 4. The number of aliphatic hydroxyl groups is 1. The van der Waals surface area contributed by atoms with E-state index < -0.39 is 5.60 Å². The number of esters is 1. The highest BCUT2D eigenvalue weighted by atomic mass is 16.6. The summed E-state index contributed by atoms with van der Waals surface area (Å²) in [5.41, 5.74) is -0.475. The number of ether oxygens (including phenoxy) is 1. The van der Waals surface area contributed by atoms with Crippen LogP contribution < -0.4 is 0 Å². The van der Waals surface area contributed by atoms with Crippen LogP contribution in [0.4, 0.5) is 0 Å². The van der Waals surface area contributed by atoms with Crippen LogP contribution in [0.3, 0.4) is 0 Å². The van der Waals surface area contributed by atoms with Gasteiger partial charge in [-0.05, 0) is 32.9 Å². The normalized spacial score (nSPS) is 11.5. The lowest BCUT2D eigenvalue weighted by Gasteiger charge is -2.18. The van der Waals surface area contributed by atoms with Crippen molar-refractivity contribution in [1.82, 2.24) is 0 Å². The quantitative estimate of drug-likeness (QED) is 0.794. The molecule has 90 valence electrons. The van der Waals surface area contributed by atoms with Crippen molar-refractivity contribution in [3.8, 4) is 0 Å². The van der Waals surface area contributed by atoms with Crippen molar-refractivity contribution in [1.29, 1.82) is 0 Å². The average molecular weight is 226 g/mol. The third-order valence-electron chi connectivity index (χ3n) is 1.81. The van der Waals surface area contributed by atoms with Gasteiger partial charge in [-0.15, -0.1) is 0 Å². The van der Waals surface area contributed by atoms with E-state index >= 15 is 0 Å². The van der Waals surface area contributed by atoms with E-state index in [2.05, 4.69) is 0 Å². The average Bonchev–Trinajstić information content (AvgIpc) is 2.49. The molecular formula is C12H18O4. The molecule has 4 heteroatoms. The van der Waals surface area contributed by atoms with Crippen LogP contribution in [-0.4, -0.2) is 23.3 Å². The van der Waals surface area contributed by atoms with Gasteiger partial charge in [0.25, 0.3) is 0 Å². The maximum atomic E-state index is 11.5. The number of carbonyl (C=O) groups excluding carboxylic acids is 1. The molecule has 0 amide bonds. The first-order valence-electron chi connectivity index (χ1n) is 5.31. The van der Waals surface area contributed by atoms with E-state index in [1.807, 2.05) is 20.8 Å². The molecule has 1 aromatic heterocycles. The first-order chi connectivity index (χ1) is 7.40. The summed E-state index contributed by atoms with van der Waals surface area (Å²) < 4.78 is 10.5. The molecule has 0 saturated carbocycles. The van der Waals surface area contributed by atoms with Gasteiger partial charge in [-0.25, -0.2) is 0 Å². The molecule has 0 bridgehead atoms. The minimum absolute atomic E-state index is 0.0411. The van der Waals surface area contributed by atoms with Gasteiger partial charge < -0.3 is 14.3 Å². The Morgan fingerprint density at radius 3 is 2.56 bits per heavy atom. The molecule has 16 heavy (non-hydrogen) atoms. The van der Waals surface area contributed by atoms with Crippen LogP contribution in [0.2, 0.25) is 0 Å². The molecule has 0 aliphatic carbocycles. The molecule has 1 N–H and O–H groups in total. The molecule has 0 spiro atoms. The van der Waals surface area contributed by atoms with Gasteiger partial charge in [0.15, 0.2) is 0 Å². The van der Waals surface area contributed by atoms with Crippen molar-refractivity contribution in [2.24, 2.45) is 0 Å². The fraction of sp³-hybridized carbons (Fsp3) is 0.583. The first-order valence-corrected chi connectivity index (χ1v) is 5.31. The number of hydrogen-bond donors (Lipinski definition) is 1. The van der Waals surface area contributed by atoms with Crippen LogP contribution in [0, 0.1) is 0 Å². The fourth-order valence-corrected chi connectivity index (χ4v) is 1.28. The number of furan rings is 1. The molecule has 0 saturated heterocycles. The van der Waals surface area contributed by atoms with Gasteiger partial charge in [-0.2, -0.15) is 0 Å². The lowest BCUT2D eigenvalue weighted by atomic mass is 10.2. The smallest absolute Gasteiger partial charge is 0.314 e. The monoisotopic (exact) mass is 226 g/mol. The van der Waals surface area contributed by atoms with Crippen LogP contribution >= 0.6 is 0 Å². The molecule has 0 radical (unpaired) electrons. The lowest BCUT2D eigenvalue weighted by molar-refractivity contribution is -0.154. The summed E-state index contributed by atoms with van der Waals surface area (Å²) in [4.78, 5) is 11.5. The molecule has 1 aromatic rings. The van der Waals surface area contributed by atoms with Gasteiger partial charge in [0.1, 0.15) is 23.5 Å². The summed E-state index contributed by atoms with van der Waals surface area (Å²) in [6.07, 6.45) is 0.594. The summed E-state index contributed by atoms with van der Waals surface area (Å²) >= 11 is 0. The van der Waals surface area contributed by atoms with Gasteiger partial charge in [0, 0.05) is 6.42 Å². The first kappa shape index (κ1) is 12.8. The molecule has 0 aromatic carbocycles. The Bertz CT molecular complexity index is 346. The Morgan fingerprint density at radius 1 is 1.38 bits per heavy atom. The Labute approximate surface area is 95.2 Å². The van der Waals surface area contributed by atoms with Gasteiger partial charge in [0.2, 0.25) is 0 Å². The van der Waals surface area contributed by atoms with Crippen molar-refractivity contribution in [3.05, 3.63) is 23.7 Å².